The van der Waals surface area contributed by atoms with Gasteiger partial charge in [-0.25, -0.2) is 15.0 Å². The minimum absolute atomic E-state index is 0.199. The lowest BCUT2D eigenvalue weighted by Crippen LogP contribution is -2.47. The summed E-state index contributed by atoms with van der Waals surface area (Å²) in [7, 11) is 0. The Morgan fingerprint density at radius 2 is 1.68 bits per heavy atom. The van der Waals surface area contributed by atoms with Gasteiger partial charge in [-0.3, -0.25) is 0 Å². The van der Waals surface area contributed by atoms with E-state index in [2.05, 4.69) is 5.43 Å². The van der Waals surface area contributed by atoms with E-state index in [4.69, 9.17) is 9.47 Å². The molecule has 0 bridgehead atoms. The fraction of sp³-hybridized carbons (Fsp3) is 0.250. The van der Waals surface area contributed by atoms with E-state index >= 15 is 0 Å². The number of nitrogens with zero attached hydrogens (tertiary/aromatic N) is 1. The van der Waals surface area contributed by atoms with Crippen LogP contribution in [0.4, 0.5) is 15.3 Å². The second-order valence-corrected chi connectivity index (χ2v) is 4.36. The summed E-state index contributed by atoms with van der Waals surface area (Å²) in [4.78, 5) is 23.8. The standard InChI is InChI=1S/C16H18N2O4/c1-3-21-15(19)17-18(16(20)22-4-2)14-11-7-9-12-8-5-6-10-13(12)14/h5-11H,3-4H2,1-2H3,(H,17,19). The van der Waals surface area contributed by atoms with Crippen LogP contribution in [0, 0.1) is 0 Å². The van der Waals surface area contributed by atoms with Crippen LogP contribution in [0.15, 0.2) is 42.5 Å². The normalized spacial score (nSPS) is 10.1. The number of carbonyl (C=O) groups excluding carboxylic acids is 2. The molecule has 2 rings (SSSR count). The highest BCUT2D eigenvalue weighted by Gasteiger charge is 2.22. The van der Waals surface area contributed by atoms with Crippen LogP contribution in [-0.4, -0.2) is 25.4 Å². The average Bonchev–Trinajstić information content (AvgIpc) is 2.52. The van der Waals surface area contributed by atoms with Crippen molar-refractivity contribution in [2.45, 2.75) is 13.8 Å². The molecule has 0 saturated heterocycles. The van der Waals surface area contributed by atoms with Crippen molar-refractivity contribution in [1.82, 2.24) is 5.43 Å². The lowest BCUT2D eigenvalue weighted by Gasteiger charge is -2.23. The van der Waals surface area contributed by atoms with Crippen LogP contribution in [-0.2, 0) is 9.47 Å². The third kappa shape index (κ3) is 3.46. The third-order valence-electron chi connectivity index (χ3n) is 2.94. The Labute approximate surface area is 128 Å². The number of hydrogen-bond donors (Lipinski definition) is 1. The minimum Gasteiger partial charge on any atom is -0.449 e. The molecular formula is C16H18N2O4. The number of fused-ring (bicyclic) bond motifs is 1. The fourth-order valence-corrected chi connectivity index (χ4v) is 2.05. The van der Waals surface area contributed by atoms with Gasteiger partial charge < -0.3 is 9.47 Å². The molecule has 0 aliphatic carbocycles. The van der Waals surface area contributed by atoms with Crippen molar-refractivity contribution in [2.24, 2.45) is 0 Å². The van der Waals surface area contributed by atoms with Gasteiger partial charge >= 0.3 is 12.2 Å². The third-order valence-corrected chi connectivity index (χ3v) is 2.94. The second kappa shape index (κ2) is 7.31. The van der Waals surface area contributed by atoms with Crippen molar-refractivity contribution in [2.75, 3.05) is 18.2 Å². The van der Waals surface area contributed by atoms with E-state index in [-0.39, 0.29) is 13.2 Å². The van der Waals surface area contributed by atoms with Gasteiger partial charge in [-0.1, -0.05) is 36.4 Å². The highest BCUT2D eigenvalue weighted by atomic mass is 16.6. The van der Waals surface area contributed by atoms with Gasteiger partial charge in [0.2, 0.25) is 0 Å². The van der Waals surface area contributed by atoms with Crippen LogP contribution >= 0.6 is 0 Å². The van der Waals surface area contributed by atoms with Crippen molar-refractivity contribution in [3.05, 3.63) is 42.5 Å². The molecule has 6 heteroatoms. The summed E-state index contributed by atoms with van der Waals surface area (Å²) in [5, 5.41) is 2.82. The quantitative estimate of drug-likeness (QED) is 0.882. The highest BCUT2D eigenvalue weighted by Crippen LogP contribution is 2.26. The predicted octanol–water partition coefficient (Wildman–Crippen LogP) is 3.46. The van der Waals surface area contributed by atoms with Crippen molar-refractivity contribution < 1.29 is 19.1 Å². The first-order valence-electron chi connectivity index (χ1n) is 7.05. The molecule has 6 nitrogen and oxygen atoms in total. The number of rotatable bonds is 3. The first-order valence-corrected chi connectivity index (χ1v) is 7.05. The van der Waals surface area contributed by atoms with Crippen LogP contribution in [0.25, 0.3) is 10.8 Å². The van der Waals surface area contributed by atoms with E-state index in [0.29, 0.717) is 5.69 Å². The van der Waals surface area contributed by atoms with Gasteiger partial charge in [0.25, 0.3) is 0 Å². The number of carbonyl (C=O) groups is 2. The molecule has 22 heavy (non-hydrogen) atoms. The molecule has 0 unspecified atom stereocenters. The lowest BCUT2D eigenvalue weighted by molar-refractivity contribution is 0.139. The highest BCUT2D eigenvalue weighted by molar-refractivity contribution is 6.02. The number of hydrogen-bond acceptors (Lipinski definition) is 4. The van der Waals surface area contributed by atoms with Gasteiger partial charge in [0, 0.05) is 5.39 Å². The maximum absolute atomic E-state index is 12.2. The van der Waals surface area contributed by atoms with Crippen molar-refractivity contribution >= 4 is 28.6 Å². The maximum atomic E-state index is 12.2. The topological polar surface area (TPSA) is 67.9 Å². The van der Waals surface area contributed by atoms with Crippen LogP contribution in [0.2, 0.25) is 0 Å². The van der Waals surface area contributed by atoms with Gasteiger partial charge in [0.1, 0.15) is 0 Å². The molecule has 0 aromatic heterocycles. The van der Waals surface area contributed by atoms with Gasteiger partial charge in [0.05, 0.1) is 18.9 Å². The first-order chi connectivity index (χ1) is 10.7. The van der Waals surface area contributed by atoms with E-state index in [1.165, 1.54) is 0 Å². The summed E-state index contributed by atoms with van der Waals surface area (Å²) < 4.78 is 9.84. The Bertz CT molecular complexity index is 667. The Morgan fingerprint density at radius 1 is 1.00 bits per heavy atom. The Kier molecular flexibility index (Phi) is 5.19. The molecule has 0 saturated carbocycles. The zero-order valence-electron chi connectivity index (χ0n) is 12.5. The largest absolute Gasteiger partial charge is 0.449 e. The summed E-state index contributed by atoms with van der Waals surface area (Å²) in [5.74, 6) is 0. The number of anilines is 1. The molecular weight excluding hydrogens is 284 g/mol. The zero-order chi connectivity index (χ0) is 15.9. The van der Waals surface area contributed by atoms with E-state index in [9.17, 15) is 9.59 Å². The molecule has 0 spiro atoms. The lowest BCUT2D eigenvalue weighted by atomic mass is 10.1. The summed E-state index contributed by atoms with van der Waals surface area (Å²) in [6.45, 7) is 3.79. The molecule has 0 radical (unpaired) electrons. The molecule has 0 heterocycles. The summed E-state index contributed by atoms with van der Waals surface area (Å²) in [6, 6.07) is 13.0. The molecule has 2 aromatic rings. The van der Waals surface area contributed by atoms with Crippen molar-refractivity contribution in [3.8, 4) is 0 Å². The van der Waals surface area contributed by atoms with Crippen molar-refractivity contribution in [3.63, 3.8) is 0 Å². The van der Waals surface area contributed by atoms with E-state index in [0.717, 1.165) is 15.8 Å². The van der Waals surface area contributed by atoms with Gasteiger partial charge in [-0.05, 0) is 25.3 Å². The van der Waals surface area contributed by atoms with Crippen molar-refractivity contribution in [1.29, 1.82) is 0 Å². The summed E-state index contributed by atoms with van der Waals surface area (Å²) >= 11 is 0. The number of ether oxygens (including phenoxy) is 2. The predicted molar refractivity (Wildman–Crippen MR) is 83.6 cm³/mol. The van der Waals surface area contributed by atoms with Crippen LogP contribution in [0.1, 0.15) is 13.8 Å². The Balaban J connectivity index is 2.42. The molecule has 2 aromatic carbocycles. The number of nitrogens with one attached hydrogen (secondary N) is 1. The number of benzene rings is 2. The molecule has 1 N–H and O–H groups in total. The van der Waals surface area contributed by atoms with E-state index in [1.54, 1.807) is 26.0 Å². The van der Waals surface area contributed by atoms with Crippen LogP contribution in [0.5, 0.6) is 0 Å². The average molecular weight is 302 g/mol. The van der Waals surface area contributed by atoms with Crippen LogP contribution < -0.4 is 10.4 Å². The van der Waals surface area contributed by atoms with Gasteiger partial charge in [-0.15, -0.1) is 0 Å². The maximum Gasteiger partial charge on any atom is 0.433 e. The minimum atomic E-state index is -0.719. The Morgan fingerprint density at radius 3 is 2.41 bits per heavy atom. The van der Waals surface area contributed by atoms with Gasteiger partial charge in [-0.2, -0.15) is 5.01 Å². The molecule has 2 amide bonds. The molecule has 0 aliphatic rings. The van der Waals surface area contributed by atoms with Crippen LogP contribution in [0.3, 0.4) is 0 Å². The molecule has 0 aliphatic heterocycles. The molecule has 0 atom stereocenters. The number of amides is 2. The monoisotopic (exact) mass is 302 g/mol. The second-order valence-electron chi connectivity index (χ2n) is 4.36. The molecule has 116 valence electrons. The zero-order valence-corrected chi connectivity index (χ0v) is 12.5. The SMILES string of the molecule is CCOC(=O)NN(C(=O)OCC)c1cccc2ccccc12. The fourth-order valence-electron chi connectivity index (χ4n) is 2.05. The summed E-state index contributed by atoms with van der Waals surface area (Å²) in [6.07, 6.45) is -1.39. The first kappa shape index (κ1) is 15.6. The smallest absolute Gasteiger partial charge is 0.433 e. The molecule has 0 fully saturated rings. The van der Waals surface area contributed by atoms with E-state index in [1.807, 2.05) is 30.3 Å². The van der Waals surface area contributed by atoms with Gasteiger partial charge in [0.15, 0.2) is 0 Å². The van der Waals surface area contributed by atoms with E-state index < -0.39 is 12.2 Å². The Hall–Kier alpha value is -2.76. The number of hydrazine groups is 1. The summed E-state index contributed by atoms with van der Waals surface area (Å²) in [5.41, 5.74) is 2.93.